The summed E-state index contributed by atoms with van der Waals surface area (Å²) in [7, 11) is 6.08. The number of aromatic nitrogens is 9. The van der Waals surface area contributed by atoms with Crippen LogP contribution in [0.25, 0.3) is 0 Å². The summed E-state index contributed by atoms with van der Waals surface area (Å²) in [6.45, 7) is 7.08. The van der Waals surface area contributed by atoms with Crippen molar-refractivity contribution >= 4 is 29.4 Å². The number of amides is 1. The quantitative estimate of drug-likeness (QED) is 0.131. The summed E-state index contributed by atoms with van der Waals surface area (Å²) in [4.78, 5) is 13.2. The Morgan fingerprint density at radius 1 is 0.872 bits per heavy atom. The smallest absolute Gasteiger partial charge is 0.246 e. The van der Waals surface area contributed by atoms with Crippen molar-refractivity contribution in [3.8, 4) is 0 Å². The molecule has 3 rings (SSSR count). The van der Waals surface area contributed by atoms with Crippen molar-refractivity contribution in [2.75, 3.05) is 26.4 Å². The van der Waals surface area contributed by atoms with Gasteiger partial charge >= 0.3 is 0 Å². The Hall–Kier alpha value is -3.00. The van der Waals surface area contributed by atoms with Crippen LogP contribution < -0.4 is 5.32 Å². The normalized spacial score (nSPS) is 12.6. The summed E-state index contributed by atoms with van der Waals surface area (Å²) in [5.41, 5.74) is 1.75. The average molecular weight is 538 g/mol. The first-order chi connectivity index (χ1) is 18.9. The minimum absolute atomic E-state index is 0.0696. The van der Waals surface area contributed by atoms with Gasteiger partial charge in [0, 0.05) is 38.4 Å². The van der Waals surface area contributed by atoms with Gasteiger partial charge in [-0.05, 0) is 31.3 Å². The van der Waals surface area contributed by atoms with Crippen LogP contribution in [0.3, 0.4) is 0 Å². The van der Waals surface area contributed by atoms with Crippen molar-refractivity contribution in [1.82, 2.24) is 50.3 Å². The molecule has 0 aromatic carbocycles. The lowest BCUT2D eigenvalue weighted by molar-refractivity contribution is -0.128. The highest BCUT2D eigenvalue weighted by Crippen LogP contribution is 2.16. The lowest BCUT2D eigenvalue weighted by Crippen LogP contribution is -2.58. The Bertz CT molecular complexity index is 1030. The third-order valence-electron chi connectivity index (χ3n) is 6.55. The second-order valence-corrected chi connectivity index (χ2v) is 10.1. The molecular formula is C23H41B3N10O3. The van der Waals surface area contributed by atoms with E-state index >= 15 is 0 Å². The third-order valence-corrected chi connectivity index (χ3v) is 6.55. The zero-order chi connectivity index (χ0) is 28.1. The van der Waals surface area contributed by atoms with E-state index in [2.05, 4.69) is 50.1 Å². The Labute approximate surface area is 233 Å². The van der Waals surface area contributed by atoms with E-state index in [0.717, 1.165) is 55.5 Å². The van der Waals surface area contributed by atoms with E-state index in [4.69, 9.17) is 9.47 Å². The fourth-order valence-corrected chi connectivity index (χ4v) is 4.09. The van der Waals surface area contributed by atoms with Crippen molar-refractivity contribution in [2.45, 2.75) is 70.8 Å². The van der Waals surface area contributed by atoms with Gasteiger partial charge in [0.1, 0.15) is 30.1 Å². The lowest BCUT2D eigenvalue weighted by atomic mass is 9.98. The number of nitrogens with zero attached hydrogens (tertiary/aromatic N) is 9. The molecule has 13 nitrogen and oxygen atoms in total. The number of rotatable bonds is 19. The van der Waals surface area contributed by atoms with E-state index in [1.165, 1.54) is 0 Å². The first-order valence-electron chi connectivity index (χ1n) is 14.0. The van der Waals surface area contributed by atoms with Crippen LogP contribution in [0.1, 0.15) is 43.8 Å². The number of carbonyl (C=O) groups is 1. The number of nitrogens with one attached hydrogen (secondary N) is 1. The minimum Gasteiger partial charge on any atom is -0.381 e. The molecule has 1 amide bonds. The second kappa shape index (κ2) is 15.6. The van der Waals surface area contributed by atoms with Crippen molar-refractivity contribution in [1.29, 1.82) is 0 Å². The molecule has 210 valence electrons. The maximum Gasteiger partial charge on any atom is 0.246 e. The van der Waals surface area contributed by atoms with Crippen LogP contribution in [0.4, 0.5) is 0 Å². The molecule has 39 heavy (non-hydrogen) atoms. The Morgan fingerprint density at radius 2 is 1.33 bits per heavy atom. The van der Waals surface area contributed by atoms with Gasteiger partial charge in [0.05, 0.1) is 42.3 Å². The largest absolute Gasteiger partial charge is 0.381 e. The van der Waals surface area contributed by atoms with Gasteiger partial charge < -0.3 is 14.8 Å². The van der Waals surface area contributed by atoms with Gasteiger partial charge in [-0.15, -0.1) is 15.3 Å². The molecule has 0 bridgehead atoms. The van der Waals surface area contributed by atoms with Crippen LogP contribution in [0.15, 0.2) is 18.6 Å². The van der Waals surface area contributed by atoms with E-state index in [1.54, 1.807) is 14.0 Å². The predicted molar refractivity (Wildman–Crippen MR) is 153 cm³/mol. The Morgan fingerprint density at radius 3 is 1.74 bits per heavy atom. The molecule has 0 aliphatic heterocycles. The SMILES string of the molecule is BCc1cn(CC(Cn2cc(CB)nn2)(Cn2cc(CB)nn2)NC(=O)COCCCOCC(C)CC)nn1. The fourth-order valence-electron chi connectivity index (χ4n) is 4.09. The van der Waals surface area contributed by atoms with Crippen molar-refractivity contribution in [2.24, 2.45) is 5.92 Å². The molecule has 0 saturated carbocycles. The molecule has 0 radical (unpaired) electrons. The first kappa shape index (κ1) is 30.5. The summed E-state index contributed by atoms with van der Waals surface area (Å²) in [5.74, 6) is 0.304. The zero-order valence-electron chi connectivity index (χ0n) is 24.0. The van der Waals surface area contributed by atoms with Gasteiger partial charge in [-0.1, -0.05) is 35.9 Å². The second-order valence-electron chi connectivity index (χ2n) is 10.1. The van der Waals surface area contributed by atoms with Crippen molar-refractivity contribution in [3.63, 3.8) is 0 Å². The van der Waals surface area contributed by atoms with Crippen molar-refractivity contribution in [3.05, 3.63) is 35.7 Å². The molecule has 0 spiro atoms. The molecule has 3 heterocycles. The fraction of sp³-hybridized carbons (Fsp3) is 0.696. The van der Waals surface area contributed by atoms with Crippen LogP contribution in [-0.2, 0) is 52.9 Å². The number of carbonyl (C=O) groups excluding carboxylic acids is 1. The standard InChI is InChI=1S/C23H41B3N10O3/c1-3-18(2)13-38-5-4-6-39-14-22(37)27-23(15-34-10-19(7-24)28-31-34,16-35-11-20(8-25)29-32-35)17-36-12-21(9-26)30-33-36/h10-12,18H,3-9,13-17,24-26H2,1-2H3,(H,27,37). The predicted octanol–water partition coefficient (Wildman–Crippen LogP) is -2.41. The van der Waals surface area contributed by atoms with Gasteiger partial charge in [-0.25, -0.2) is 14.0 Å². The average Bonchev–Trinajstić information content (AvgIpc) is 3.69. The van der Waals surface area contributed by atoms with Crippen LogP contribution in [0.5, 0.6) is 0 Å². The van der Waals surface area contributed by atoms with Gasteiger partial charge in [-0.3, -0.25) is 4.79 Å². The van der Waals surface area contributed by atoms with E-state index < -0.39 is 5.54 Å². The molecule has 0 aliphatic carbocycles. The highest BCUT2D eigenvalue weighted by atomic mass is 16.5. The van der Waals surface area contributed by atoms with Crippen LogP contribution in [0, 0.1) is 5.92 Å². The van der Waals surface area contributed by atoms with Gasteiger partial charge in [0.2, 0.25) is 5.91 Å². The highest BCUT2D eigenvalue weighted by molar-refractivity contribution is 6.08. The topological polar surface area (TPSA) is 140 Å². The van der Waals surface area contributed by atoms with Gasteiger partial charge in [0.25, 0.3) is 0 Å². The van der Waals surface area contributed by atoms with Crippen LogP contribution >= 0.6 is 0 Å². The van der Waals surface area contributed by atoms with Crippen LogP contribution in [-0.4, -0.2) is 106 Å². The van der Waals surface area contributed by atoms with E-state index in [-0.39, 0.29) is 12.5 Å². The number of ether oxygens (including phenoxy) is 2. The maximum atomic E-state index is 13.2. The number of hydrogen-bond donors (Lipinski definition) is 1. The maximum absolute atomic E-state index is 13.2. The van der Waals surface area contributed by atoms with Gasteiger partial charge in [0.15, 0.2) is 0 Å². The summed E-state index contributed by atoms with van der Waals surface area (Å²) >= 11 is 0. The molecule has 16 heteroatoms. The third kappa shape index (κ3) is 9.92. The molecule has 0 aliphatic rings. The molecule has 1 unspecified atom stereocenters. The lowest BCUT2D eigenvalue weighted by Gasteiger charge is -2.34. The molecule has 3 aromatic heterocycles. The summed E-state index contributed by atoms with van der Waals surface area (Å²) in [5, 5.41) is 28.9. The molecule has 0 fully saturated rings. The zero-order valence-corrected chi connectivity index (χ0v) is 24.0. The van der Waals surface area contributed by atoms with E-state index in [1.807, 2.05) is 42.1 Å². The van der Waals surface area contributed by atoms with E-state index in [0.29, 0.717) is 38.8 Å². The highest BCUT2D eigenvalue weighted by Gasteiger charge is 2.36. The molecule has 3 aromatic rings. The Balaban J connectivity index is 1.74. The van der Waals surface area contributed by atoms with Gasteiger partial charge in [-0.2, -0.15) is 0 Å². The molecule has 1 N–H and O–H groups in total. The molecular weight excluding hydrogens is 497 g/mol. The summed E-state index contributed by atoms with van der Waals surface area (Å²) in [6, 6.07) is 0. The summed E-state index contributed by atoms with van der Waals surface area (Å²) in [6.07, 6.45) is 9.80. The molecule has 1 atom stereocenters. The minimum atomic E-state index is -0.865. The Kier molecular flexibility index (Phi) is 12.2. The molecule has 0 saturated heterocycles. The first-order valence-corrected chi connectivity index (χ1v) is 14.0. The van der Waals surface area contributed by atoms with E-state index in [9.17, 15) is 4.79 Å². The monoisotopic (exact) mass is 538 g/mol. The van der Waals surface area contributed by atoms with Crippen LogP contribution in [0.2, 0.25) is 0 Å². The van der Waals surface area contributed by atoms with Crippen molar-refractivity contribution < 1.29 is 14.3 Å². The number of hydrogen-bond acceptors (Lipinski definition) is 9. The summed E-state index contributed by atoms with van der Waals surface area (Å²) < 4.78 is 16.6.